The molecule has 0 bridgehead atoms. The predicted molar refractivity (Wildman–Crippen MR) is 89.0 cm³/mol. The first kappa shape index (κ1) is 16.7. The van der Waals surface area contributed by atoms with Gasteiger partial charge in [-0.25, -0.2) is 17.5 Å². The normalized spacial score (nSPS) is 11.6. The minimum Gasteiger partial charge on any atom is -0.494 e. The predicted octanol–water partition coefficient (Wildman–Crippen LogP) is 3.63. The average molecular weight is 367 g/mol. The molecule has 2 heterocycles. The van der Waals surface area contributed by atoms with E-state index in [1.54, 1.807) is 12.3 Å². The van der Waals surface area contributed by atoms with Crippen molar-refractivity contribution < 1.29 is 22.0 Å². The van der Waals surface area contributed by atoms with Crippen LogP contribution in [0.3, 0.4) is 0 Å². The standard InChI is InChI=1S/C16H14FNO4S2/c1-21-16-5-4-13(8-14(16)17)24(19,20)18-9-12-7-11(10-23-12)15-3-2-6-22-15/h2-8,10,18H,9H2,1H3. The van der Waals surface area contributed by atoms with E-state index in [1.807, 2.05) is 17.5 Å². The van der Waals surface area contributed by atoms with Crippen molar-refractivity contribution in [3.05, 3.63) is 58.7 Å². The van der Waals surface area contributed by atoms with Gasteiger partial charge < -0.3 is 9.15 Å². The number of hydrogen-bond donors (Lipinski definition) is 1. The first-order valence-corrected chi connectivity index (χ1v) is 9.30. The van der Waals surface area contributed by atoms with Crippen molar-refractivity contribution in [2.75, 3.05) is 7.11 Å². The molecule has 0 aliphatic rings. The Morgan fingerprint density at radius 1 is 1.29 bits per heavy atom. The number of sulfonamides is 1. The van der Waals surface area contributed by atoms with E-state index in [0.717, 1.165) is 22.3 Å². The number of ether oxygens (including phenoxy) is 1. The van der Waals surface area contributed by atoms with Crippen molar-refractivity contribution in [3.8, 4) is 17.1 Å². The topological polar surface area (TPSA) is 68.5 Å². The second kappa shape index (κ2) is 6.76. The van der Waals surface area contributed by atoms with E-state index in [2.05, 4.69) is 4.72 Å². The summed E-state index contributed by atoms with van der Waals surface area (Å²) in [4.78, 5) is 0.669. The zero-order valence-electron chi connectivity index (χ0n) is 12.7. The molecule has 0 aliphatic heterocycles. The summed E-state index contributed by atoms with van der Waals surface area (Å²) < 4.78 is 50.7. The maximum Gasteiger partial charge on any atom is 0.241 e. The summed E-state index contributed by atoms with van der Waals surface area (Å²) in [6, 6.07) is 8.98. The van der Waals surface area contributed by atoms with Crippen molar-refractivity contribution >= 4 is 21.4 Å². The van der Waals surface area contributed by atoms with Gasteiger partial charge in [-0.1, -0.05) is 0 Å². The summed E-state index contributed by atoms with van der Waals surface area (Å²) >= 11 is 1.41. The molecular formula is C16H14FNO4S2. The molecule has 0 saturated heterocycles. The third-order valence-electron chi connectivity index (χ3n) is 3.33. The van der Waals surface area contributed by atoms with Gasteiger partial charge in [-0.2, -0.15) is 0 Å². The van der Waals surface area contributed by atoms with Crippen LogP contribution in [-0.2, 0) is 16.6 Å². The van der Waals surface area contributed by atoms with Gasteiger partial charge in [-0.15, -0.1) is 11.3 Å². The van der Waals surface area contributed by atoms with Gasteiger partial charge in [0.25, 0.3) is 0 Å². The lowest BCUT2D eigenvalue weighted by Gasteiger charge is -2.07. The van der Waals surface area contributed by atoms with E-state index in [9.17, 15) is 12.8 Å². The third-order valence-corrected chi connectivity index (χ3v) is 5.67. The lowest BCUT2D eigenvalue weighted by atomic mass is 10.2. The Morgan fingerprint density at radius 2 is 2.12 bits per heavy atom. The molecule has 0 radical (unpaired) electrons. The summed E-state index contributed by atoms with van der Waals surface area (Å²) in [5.74, 6) is -0.00974. The Bertz CT molecular complexity index is 933. The van der Waals surface area contributed by atoms with Crippen molar-refractivity contribution in [1.29, 1.82) is 0 Å². The molecule has 8 heteroatoms. The number of nitrogens with one attached hydrogen (secondary N) is 1. The van der Waals surface area contributed by atoms with E-state index < -0.39 is 15.8 Å². The highest BCUT2D eigenvalue weighted by Gasteiger charge is 2.17. The van der Waals surface area contributed by atoms with Crippen LogP contribution in [0.4, 0.5) is 4.39 Å². The molecule has 3 aromatic rings. The Hall–Kier alpha value is -2.16. The van der Waals surface area contributed by atoms with Crippen molar-refractivity contribution in [3.63, 3.8) is 0 Å². The largest absolute Gasteiger partial charge is 0.494 e. The number of furan rings is 1. The van der Waals surface area contributed by atoms with E-state index >= 15 is 0 Å². The molecule has 0 saturated carbocycles. The average Bonchev–Trinajstić information content (AvgIpc) is 3.24. The summed E-state index contributed by atoms with van der Waals surface area (Å²) in [6.45, 7) is 0.112. The van der Waals surface area contributed by atoms with Crippen LogP contribution in [0.25, 0.3) is 11.3 Å². The quantitative estimate of drug-likeness (QED) is 0.722. The zero-order valence-corrected chi connectivity index (χ0v) is 14.3. The number of halogens is 1. The highest BCUT2D eigenvalue weighted by atomic mass is 32.2. The van der Waals surface area contributed by atoms with Gasteiger partial charge in [-0.05, 0) is 36.4 Å². The van der Waals surface area contributed by atoms with E-state index in [4.69, 9.17) is 9.15 Å². The monoisotopic (exact) mass is 367 g/mol. The van der Waals surface area contributed by atoms with Gasteiger partial charge in [-0.3, -0.25) is 0 Å². The Morgan fingerprint density at radius 3 is 2.79 bits per heavy atom. The van der Waals surface area contributed by atoms with Crippen LogP contribution in [0.1, 0.15) is 4.88 Å². The number of benzene rings is 1. The molecular weight excluding hydrogens is 353 g/mol. The lowest BCUT2D eigenvalue weighted by molar-refractivity contribution is 0.385. The zero-order chi connectivity index (χ0) is 17.2. The molecule has 2 aromatic heterocycles. The molecule has 0 fully saturated rings. The molecule has 0 spiro atoms. The Labute approximate surface area is 142 Å². The molecule has 24 heavy (non-hydrogen) atoms. The molecule has 0 unspecified atom stereocenters. The van der Waals surface area contributed by atoms with Gasteiger partial charge in [0.15, 0.2) is 11.6 Å². The first-order chi connectivity index (χ1) is 11.5. The Balaban J connectivity index is 1.72. The molecule has 5 nitrogen and oxygen atoms in total. The summed E-state index contributed by atoms with van der Waals surface area (Å²) in [5.41, 5.74) is 0.884. The summed E-state index contributed by atoms with van der Waals surface area (Å²) in [7, 11) is -2.50. The van der Waals surface area contributed by atoms with Crippen LogP contribution in [-0.4, -0.2) is 15.5 Å². The fourth-order valence-corrected chi connectivity index (χ4v) is 4.03. The lowest BCUT2D eigenvalue weighted by Crippen LogP contribution is -2.22. The molecule has 1 aromatic carbocycles. The van der Waals surface area contributed by atoms with Crippen LogP contribution < -0.4 is 9.46 Å². The molecule has 0 aliphatic carbocycles. The number of methoxy groups -OCH3 is 1. The SMILES string of the molecule is COc1ccc(S(=O)(=O)NCc2cc(-c3ccco3)cs2)cc1F. The Kier molecular flexibility index (Phi) is 4.70. The van der Waals surface area contributed by atoms with Crippen molar-refractivity contribution in [2.45, 2.75) is 11.4 Å². The van der Waals surface area contributed by atoms with Crippen LogP contribution >= 0.6 is 11.3 Å². The number of rotatable bonds is 6. The number of thiophene rings is 1. The van der Waals surface area contributed by atoms with Gasteiger partial charge in [0, 0.05) is 22.4 Å². The third kappa shape index (κ3) is 3.50. The highest BCUT2D eigenvalue weighted by molar-refractivity contribution is 7.89. The van der Waals surface area contributed by atoms with Gasteiger partial charge >= 0.3 is 0 Å². The maximum absolute atomic E-state index is 13.7. The van der Waals surface area contributed by atoms with Gasteiger partial charge in [0.2, 0.25) is 10.0 Å². The summed E-state index contributed by atoms with van der Waals surface area (Å²) in [6.07, 6.45) is 1.58. The van der Waals surface area contributed by atoms with Gasteiger partial charge in [0.05, 0.1) is 18.3 Å². The smallest absolute Gasteiger partial charge is 0.241 e. The van der Waals surface area contributed by atoms with Gasteiger partial charge in [0.1, 0.15) is 5.76 Å². The highest BCUT2D eigenvalue weighted by Crippen LogP contribution is 2.26. The fourth-order valence-electron chi connectivity index (χ4n) is 2.11. The summed E-state index contributed by atoms with van der Waals surface area (Å²) in [5, 5.41) is 1.88. The van der Waals surface area contributed by atoms with Crippen LogP contribution in [0, 0.1) is 5.82 Å². The molecule has 1 N–H and O–H groups in total. The van der Waals surface area contributed by atoms with Crippen LogP contribution in [0.2, 0.25) is 0 Å². The van der Waals surface area contributed by atoms with Crippen molar-refractivity contribution in [2.24, 2.45) is 0 Å². The van der Waals surface area contributed by atoms with Crippen LogP contribution in [0.5, 0.6) is 5.75 Å². The minimum absolute atomic E-state index is 0.00436. The molecule has 0 atom stereocenters. The molecule has 0 amide bonds. The van der Waals surface area contributed by atoms with E-state index in [-0.39, 0.29) is 17.2 Å². The van der Waals surface area contributed by atoms with Crippen LogP contribution in [0.15, 0.2) is 57.4 Å². The van der Waals surface area contributed by atoms with Crippen molar-refractivity contribution in [1.82, 2.24) is 4.72 Å². The second-order valence-electron chi connectivity index (χ2n) is 4.90. The molecule has 126 valence electrons. The maximum atomic E-state index is 13.7. The molecule has 3 rings (SSSR count). The number of hydrogen-bond acceptors (Lipinski definition) is 5. The van der Waals surface area contributed by atoms with E-state index in [0.29, 0.717) is 0 Å². The fraction of sp³-hybridized carbons (Fsp3) is 0.125. The second-order valence-corrected chi connectivity index (χ2v) is 7.66. The van der Waals surface area contributed by atoms with E-state index in [1.165, 1.54) is 30.6 Å². The first-order valence-electron chi connectivity index (χ1n) is 6.94. The minimum atomic E-state index is -3.81.